The van der Waals surface area contributed by atoms with Gasteiger partial charge in [-0.15, -0.1) is 0 Å². The molecule has 0 spiro atoms. The second-order valence-electron chi connectivity index (χ2n) is 8.14. The van der Waals surface area contributed by atoms with E-state index in [4.69, 9.17) is 4.74 Å². The van der Waals surface area contributed by atoms with Crippen LogP contribution >= 0.6 is 15.9 Å². The van der Waals surface area contributed by atoms with Crippen molar-refractivity contribution in [2.75, 3.05) is 24.6 Å². The molecule has 166 valence electrons. The lowest BCUT2D eigenvalue weighted by Gasteiger charge is -2.34. The highest BCUT2D eigenvalue weighted by atomic mass is 79.9. The maximum Gasteiger partial charge on any atom is 0.243 e. The lowest BCUT2D eigenvalue weighted by atomic mass is 9.97. The molecular weight excluding hydrogens is 480 g/mol. The summed E-state index contributed by atoms with van der Waals surface area (Å²) in [6.45, 7) is 5.09. The minimum absolute atomic E-state index is 0.0140. The van der Waals surface area contributed by atoms with Crippen LogP contribution < -0.4 is 9.64 Å². The molecule has 2 aliphatic heterocycles. The highest BCUT2D eigenvalue weighted by molar-refractivity contribution is 9.10. The van der Waals surface area contributed by atoms with Gasteiger partial charge in [-0.1, -0.05) is 15.9 Å². The molecule has 4 rings (SSSR count). The van der Waals surface area contributed by atoms with Gasteiger partial charge in [0, 0.05) is 29.3 Å². The summed E-state index contributed by atoms with van der Waals surface area (Å²) in [5, 5.41) is 0. The molecule has 0 N–H and O–H groups in total. The van der Waals surface area contributed by atoms with E-state index < -0.39 is 10.0 Å². The van der Waals surface area contributed by atoms with Crippen molar-refractivity contribution in [1.29, 1.82) is 0 Å². The summed E-state index contributed by atoms with van der Waals surface area (Å²) in [7, 11) is -3.66. The maximum atomic E-state index is 13.5. The van der Waals surface area contributed by atoms with Crippen LogP contribution in [0.25, 0.3) is 0 Å². The lowest BCUT2D eigenvalue weighted by Crippen LogP contribution is -2.48. The van der Waals surface area contributed by atoms with Gasteiger partial charge in [-0.2, -0.15) is 4.31 Å². The first-order chi connectivity index (χ1) is 14.8. The van der Waals surface area contributed by atoms with Crippen molar-refractivity contribution < 1.29 is 17.9 Å². The van der Waals surface area contributed by atoms with Gasteiger partial charge in [0.2, 0.25) is 15.9 Å². The van der Waals surface area contributed by atoms with E-state index in [9.17, 15) is 13.2 Å². The molecule has 1 saturated heterocycles. The number of rotatable bonds is 5. The number of hydrogen-bond acceptors (Lipinski definition) is 4. The number of halogens is 1. The Kier molecular flexibility index (Phi) is 6.42. The van der Waals surface area contributed by atoms with E-state index in [1.165, 1.54) is 4.31 Å². The summed E-state index contributed by atoms with van der Waals surface area (Å²) in [5.74, 6) is 0.310. The van der Waals surface area contributed by atoms with Crippen LogP contribution in [0.2, 0.25) is 0 Å². The molecule has 2 aromatic carbocycles. The van der Waals surface area contributed by atoms with Crippen LogP contribution in [0.3, 0.4) is 0 Å². The molecule has 0 aromatic heterocycles. The third kappa shape index (κ3) is 4.38. The fraction of sp³-hybridized carbons (Fsp3) is 0.435. The third-order valence-corrected chi connectivity index (χ3v) is 8.37. The Morgan fingerprint density at radius 1 is 1.19 bits per heavy atom. The molecule has 1 amide bonds. The first kappa shape index (κ1) is 22.3. The molecule has 2 unspecified atom stereocenters. The van der Waals surface area contributed by atoms with Crippen molar-refractivity contribution >= 4 is 37.5 Å². The van der Waals surface area contributed by atoms with Crippen molar-refractivity contribution in [2.24, 2.45) is 5.92 Å². The highest BCUT2D eigenvalue weighted by Crippen LogP contribution is 2.36. The van der Waals surface area contributed by atoms with Crippen LogP contribution in [-0.2, 0) is 21.2 Å². The molecule has 6 nitrogen and oxygen atoms in total. The van der Waals surface area contributed by atoms with E-state index in [2.05, 4.69) is 22.0 Å². The van der Waals surface area contributed by atoms with Crippen molar-refractivity contribution in [3.63, 3.8) is 0 Å². The number of piperidine rings is 1. The van der Waals surface area contributed by atoms with Crippen LogP contribution in [0.4, 0.5) is 5.69 Å². The molecule has 2 heterocycles. The molecule has 0 radical (unpaired) electrons. The molecular formula is C23H27BrN2O4S. The molecule has 1 fully saturated rings. The van der Waals surface area contributed by atoms with E-state index in [1.807, 2.05) is 30.9 Å². The number of hydrogen-bond donors (Lipinski definition) is 0. The number of carbonyl (C=O) groups is 1. The van der Waals surface area contributed by atoms with Gasteiger partial charge >= 0.3 is 0 Å². The first-order valence-corrected chi connectivity index (χ1v) is 12.9. The topological polar surface area (TPSA) is 66.9 Å². The fourth-order valence-electron chi connectivity index (χ4n) is 4.52. The Labute approximate surface area is 192 Å². The molecule has 31 heavy (non-hydrogen) atoms. The van der Waals surface area contributed by atoms with E-state index >= 15 is 0 Å². The third-order valence-electron chi connectivity index (χ3n) is 6.00. The average molecular weight is 507 g/mol. The summed E-state index contributed by atoms with van der Waals surface area (Å²) in [4.78, 5) is 15.6. The quantitative estimate of drug-likeness (QED) is 0.608. The van der Waals surface area contributed by atoms with Crippen molar-refractivity contribution in [3.05, 3.63) is 52.5 Å². The van der Waals surface area contributed by atoms with E-state index in [1.54, 1.807) is 24.3 Å². The molecule has 8 heteroatoms. The minimum atomic E-state index is -3.66. The van der Waals surface area contributed by atoms with Gasteiger partial charge in [-0.25, -0.2) is 8.42 Å². The van der Waals surface area contributed by atoms with Crippen LogP contribution in [0.15, 0.2) is 51.8 Å². The Hall–Kier alpha value is -1.90. The number of ether oxygens (including phenoxy) is 1. The summed E-state index contributed by atoms with van der Waals surface area (Å²) in [6, 6.07) is 12.5. The monoisotopic (exact) mass is 506 g/mol. The number of carbonyl (C=O) groups excluding carboxylic acids is 1. The van der Waals surface area contributed by atoms with Gasteiger partial charge in [0.1, 0.15) is 5.75 Å². The van der Waals surface area contributed by atoms with E-state index in [0.717, 1.165) is 22.1 Å². The first-order valence-electron chi connectivity index (χ1n) is 10.7. The minimum Gasteiger partial charge on any atom is -0.494 e. The van der Waals surface area contributed by atoms with Crippen LogP contribution in [0.1, 0.15) is 32.3 Å². The van der Waals surface area contributed by atoms with E-state index in [-0.39, 0.29) is 29.3 Å². The zero-order valence-corrected chi connectivity index (χ0v) is 20.2. The van der Waals surface area contributed by atoms with Gasteiger partial charge in [-0.3, -0.25) is 4.79 Å². The number of nitrogens with zero attached hydrogens (tertiary/aromatic N) is 2. The molecule has 0 saturated carbocycles. The van der Waals surface area contributed by atoms with Crippen molar-refractivity contribution in [1.82, 2.24) is 4.31 Å². The molecule has 2 atom stereocenters. The second kappa shape index (κ2) is 8.92. The number of benzene rings is 2. The predicted octanol–water partition coefficient (Wildman–Crippen LogP) is 4.23. The maximum absolute atomic E-state index is 13.5. The Morgan fingerprint density at radius 3 is 2.65 bits per heavy atom. The predicted molar refractivity (Wildman–Crippen MR) is 124 cm³/mol. The second-order valence-corrected chi connectivity index (χ2v) is 11.0. The number of anilines is 1. The Bertz CT molecular complexity index is 1070. The van der Waals surface area contributed by atoms with Crippen LogP contribution in [0, 0.1) is 5.92 Å². The van der Waals surface area contributed by atoms with Gasteiger partial charge in [0.15, 0.2) is 0 Å². The summed E-state index contributed by atoms with van der Waals surface area (Å²) >= 11 is 3.50. The summed E-state index contributed by atoms with van der Waals surface area (Å²) in [6.07, 6.45) is 2.17. The summed E-state index contributed by atoms with van der Waals surface area (Å²) in [5.41, 5.74) is 2.08. The van der Waals surface area contributed by atoms with E-state index in [0.29, 0.717) is 31.7 Å². The standard InChI is InChI=1S/C23H27BrN2O4S/c1-3-30-20-7-9-21(10-8-20)31(28,29)25-12-4-5-17(15-25)23(27)26-16(2)13-18-14-19(24)6-11-22(18)26/h6-11,14,16-17H,3-5,12-13,15H2,1-2H3. The van der Waals surface area contributed by atoms with Crippen molar-refractivity contribution in [3.8, 4) is 5.75 Å². The fourth-order valence-corrected chi connectivity index (χ4v) is 6.45. The molecule has 0 aliphatic carbocycles. The SMILES string of the molecule is CCOc1ccc(S(=O)(=O)N2CCCC(C(=O)N3c4ccc(Br)cc4CC3C)C2)cc1. The number of sulfonamides is 1. The van der Waals surface area contributed by atoms with Gasteiger partial charge < -0.3 is 9.64 Å². The van der Waals surface area contributed by atoms with Gasteiger partial charge in [0.25, 0.3) is 0 Å². The lowest BCUT2D eigenvalue weighted by molar-refractivity contribution is -0.123. The highest BCUT2D eigenvalue weighted by Gasteiger charge is 2.39. The largest absolute Gasteiger partial charge is 0.494 e. The molecule has 2 aromatic rings. The van der Waals surface area contributed by atoms with Crippen molar-refractivity contribution in [2.45, 2.75) is 44.0 Å². The molecule has 2 aliphatic rings. The number of amides is 1. The van der Waals surface area contributed by atoms with Crippen LogP contribution in [0.5, 0.6) is 5.75 Å². The average Bonchev–Trinajstić information content (AvgIpc) is 3.08. The van der Waals surface area contributed by atoms with Crippen LogP contribution in [-0.4, -0.2) is 44.4 Å². The Morgan fingerprint density at radius 2 is 1.94 bits per heavy atom. The molecule has 0 bridgehead atoms. The zero-order valence-electron chi connectivity index (χ0n) is 17.8. The number of fused-ring (bicyclic) bond motifs is 1. The van der Waals surface area contributed by atoms with Gasteiger partial charge in [0.05, 0.1) is 17.4 Å². The zero-order chi connectivity index (χ0) is 22.2. The Balaban J connectivity index is 1.53. The van der Waals surface area contributed by atoms with Gasteiger partial charge in [-0.05, 0) is 81.1 Å². The summed E-state index contributed by atoms with van der Waals surface area (Å²) < 4.78 is 34.3. The normalized spacial score (nSPS) is 21.7. The smallest absolute Gasteiger partial charge is 0.243 e.